The zero-order valence-electron chi connectivity index (χ0n) is 12.9. The topological polar surface area (TPSA) is 154 Å². The first-order chi connectivity index (χ1) is 11.5. The van der Waals surface area contributed by atoms with Gasteiger partial charge in [-0.15, -0.1) is 0 Å². The normalized spacial score (nSPS) is 13.0. The molecule has 9 nitrogen and oxygen atoms in total. The molecule has 2 aromatic rings. The summed E-state index contributed by atoms with van der Waals surface area (Å²) in [6.45, 7) is 2.00. The number of hydrogen-bond acceptors (Lipinski definition) is 8. The molecule has 2 heterocycles. The van der Waals surface area contributed by atoms with Crippen molar-refractivity contribution in [2.75, 3.05) is 24.7 Å². The summed E-state index contributed by atoms with van der Waals surface area (Å²) in [4.78, 5) is 17.6. The molecule has 0 atom stereocenters. The largest absolute Gasteiger partial charge is 0.383 e. The van der Waals surface area contributed by atoms with E-state index in [0.717, 1.165) is 13.2 Å². The summed E-state index contributed by atoms with van der Waals surface area (Å²) in [6, 6.07) is 5.51. The lowest BCUT2D eigenvalue weighted by Gasteiger charge is -2.08. The Morgan fingerprint density at radius 3 is 2.08 bits per heavy atom. The minimum absolute atomic E-state index is 0.0190. The highest BCUT2D eigenvalue weighted by molar-refractivity contribution is 6.15. The van der Waals surface area contributed by atoms with Crippen molar-refractivity contribution in [3.05, 3.63) is 51.8 Å². The van der Waals surface area contributed by atoms with Crippen LogP contribution in [0.5, 0.6) is 0 Å². The highest BCUT2D eigenvalue weighted by Gasteiger charge is 2.15. The van der Waals surface area contributed by atoms with Crippen molar-refractivity contribution < 1.29 is 9.66 Å². The van der Waals surface area contributed by atoms with E-state index in [0.29, 0.717) is 5.56 Å². The smallest absolute Gasteiger partial charge is 0.269 e. The van der Waals surface area contributed by atoms with Gasteiger partial charge in [-0.3, -0.25) is 15.5 Å². The van der Waals surface area contributed by atoms with Gasteiger partial charge in [0.15, 0.2) is 0 Å². The molecule has 1 aromatic carbocycles. The number of nitrogens with one attached hydrogen (secondary N) is 1. The third-order valence-corrected chi connectivity index (χ3v) is 3.35. The van der Waals surface area contributed by atoms with Gasteiger partial charge in [0.25, 0.3) is 5.69 Å². The van der Waals surface area contributed by atoms with Gasteiger partial charge in [-0.2, -0.15) is 0 Å². The summed E-state index contributed by atoms with van der Waals surface area (Å²) >= 11 is 0. The Bertz CT molecular complexity index is 701. The number of anilines is 2. The lowest BCUT2D eigenvalue weighted by molar-refractivity contribution is -0.384. The maximum absolute atomic E-state index is 10.6. The molecule has 1 aliphatic rings. The molecule has 3 rings (SSSR count). The van der Waals surface area contributed by atoms with Crippen LogP contribution in [-0.4, -0.2) is 33.8 Å². The first-order valence-corrected chi connectivity index (χ1v) is 7.28. The Hall–Kier alpha value is -3.07. The first-order valence-electron chi connectivity index (χ1n) is 7.28. The number of benzene rings is 1. The SMILES string of the molecule is C1CCOC1.N=C(c1ccc([N+](=O)[O-])cc1)c1c(N)ncnc1N. The van der Waals surface area contributed by atoms with Gasteiger partial charge in [0.2, 0.25) is 0 Å². The molecule has 24 heavy (non-hydrogen) atoms. The number of nitrogens with two attached hydrogens (primary N) is 2. The monoisotopic (exact) mass is 330 g/mol. The fraction of sp³-hybridized carbons (Fsp3) is 0.267. The van der Waals surface area contributed by atoms with Crippen molar-refractivity contribution in [3.8, 4) is 0 Å². The highest BCUT2D eigenvalue weighted by Crippen LogP contribution is 2.20. The van der Waals surface area contributed by atoms with E-state index in [1.165, 1.54) is 43.4 Å². The Balaban J connectivity index is 0.000000355. The van der Waals surface area contributed by atoms with Crippen LogP contribution in [0.2, 0.25) is 0 Å². The second-order valence-corrected chi connectivity index (χ2v) is 5.02. The third-order valence-electron chi connectivity index (χ3n) is 3.35. The number of nitrogens with zero attached hydrogens (tertiary/aromatic N) is 3. The van der Waals surface area contributed by atoms with Gasteiger partial charge in [0, 0.05) is 30.9 Å². The number of nitrogen functional groups attached to an aromatic ring is 2. The fourth-order valence-electron chi connectivity index (χ4n) is 2.07. The summed E-state index contributed by atoms with van der Waals surface area (Å²) in [5.41, 5.74) is 11.9. The zero-order chi connectivity index (χ0) is 17.5. The molecule has 1 aliphatic heterocycles. The second-order valence-electron chi connectivity index (χ2n) is 5.02. The van der Waals surface area contributed by atoms with Crippen molar-refractivity contribution in [1.82, 2.24) is 9.97 Å². The van der Waals surface area contributed by atoms with Crippen LogP contribution >= 0.6 is 0 Å². The quantitative estimate of drug-likeness (QED) is 0.440. The lowest BCUT2D eigenvalue weighted by atomic mass is 10.0. The number of non-ortho nitro benzene ring substituents is 1. The molecule has 9 heteroatoms. The predicted molar refractivity (Wildman–Crippen MR) is 89.9 cm³/mol. The molecule has 1 fully saturated rings. The maximum Gasteiger partial charge on any atom is 0.269 e. The molecule has 0 bridgehead atoms. The summed E-state index contributed by atoms with van der Waals surface area (Å²) in [6.07, 6.45) is 3.76. The van der Waals surface area contributed by atoms with Crippen molar-refractivity contribution in [1.29, 1.82) is 5.41 Å². The van der Waals surface area contributed by atoms with Crippen molar-refractivity contribution in [3.63, 3.8) is 0 Å². The molecule has 0 unspecified atom stereocenters. The van der Waals surface area contributed by atoms with Gasteiger partial charge < -0.3 is 16.2 Å². The molecule has 0 saturated carbocycles. The van der Waals surface area contributed by atoms with Gasteiger partial charge >= 0.3 is 0 Å². The van der Waals surface area contributed by atoms with Crippen LogP contribution in [0.3, 0.4) is 0 Å². The maximum atomic E-state index is 10.6. The Kier molecular flexibility index (Phi) is 5.74. The van der Waals surface area contributed by atoms with Crippen LogP contribution in [0.1, 0.15) is 24.0 Å². The lowest BCUT2D eigenvalue weighted by Crippen LogP contribution is -2.12. The van der Waals surface area contributed by atoms with E-state index in [-0.39, 0.29) is 28.6 Å². The third kappa shape index (κ3) is 4.23. The molecule has 0 spiro atoms. The van der Waals surface area contributed by atoms with Crippen molar-refractivity contribution in [2.24, 2.45) is 0 Å². The van der Waals surface area contributed by atoms with Gasteiger partial charge in [-0.25, -0.2) is 9.97 Å². The molecule has 126 valence electrons. The molecular formula is C15H18N6O3. The molecular weight excluding hydrogens is 312 g/mol. The summed E-state index contributed by atoms with van der Waals surface area (Å²) < 4.78 is 4.94. The molecule has 0 aliphatic carbocycles. The minimum atomic E-state index is -0.512. The van der Waals surface area contributed by atoms with Crippen LogP contribution in [0.15, 0.2) is 30.6 Å². The number of nitro benzene ring substituents is 1. The molecule has 1 aromatic heterocycles. The van der Waals surface area contributed by atoms with Gasteiger partial charge in [-0.1, -0.05) is 0 Å². The minimum Gasteiger partial charge on any atom is -0.383 e. The molecule has 0 amide bonds. The van der Waals surface area contributed by atoms with E-state index in [4.69, 9.17) is 21.6 Å². The zero-order valence-corrected chi connectivity index (χ0v) is 12.9. The van der Waals surface area contributed by atoms with Crippen molar-refractivity contribution >= 4 is 23.0 Å². The number of aromatic nitrogens is 2. The van der Waals surface area contributed by atoms with Crippen molar-refractivity contribution in [2.45, 2.75) is 12.8 Å². The molecule has 1 saturated heterocycles. The van der Waals surface area contributed by atoms with E-state index in [1.807, 2.05) is 0 Å². The predicted octanol–water partition coefficient (Wildman–Crippen LogP) is 1.76. The van der Waals surface area contributed by atoms with E-state index in [2.05, 4.69) is 9.97 Å². The van der Waals surface area contributed by atoms with Gasteiger partial charge in [0.05, 0.1) is 16.2 Å². The van der Waals surface area contributed by atoms with Crippen LogP contribution < -0.4 is 11.5 Å². The van der Waals surface area contributed by atoms with E-state index in [1.54, 1.807) is 0 Å². The Morgan fingerprint density at radius 1 is 1.12 bits per heavy atom. The highest BCUT2D eigenvalue weighted by atomic mass is 16.6. The summed E-state index contributed by atoms with van der Waals surface area (Å²) in [5.74, 6) is 0.187. The number of nitro groups is 1. The summed E-state index contributed by atoms with van der Waals surface area (Å²) in [7, 11) is 0. The Labute approximate surface area is 138 Å². The van der Waals surface area contributed by atoms with Gasteiger partial charge in [0.1, 0.15) is 18.0 Å². The second kappa shape index (κ2) is 7.97. The average molecular weight is 330 g/mol. The first kappa shape index (κ1) is 17.3. The molecule has 5 N–H and O–H groups in total. The van der Waals surface area contributed by atoms with E-state index < -0.39 is 4.92 Å². The van der Waals surface area contributed by atoms with Crippen LogP contribution in [0.25, 0.3) is 0 Å². The Morgan fingerprint density at radius 2 is 1.67 bits per heavy atom. The van der Waals surface area contributed by atoms with Crippen LogP contribution in [-0.2, 0) is 4.74 Å². The van der Waals surface area contributed by atoms with E-state index in [9.17, 15) is 10.1 Å². The fourth-order valence-corrected chi connectivity index (χ4v) is 2.07. The number of hydrogen-bond donors (Lipinski definition) is 3. The molecule has 0 radical (unpaired) electrons. The number of ether oxygens (including phenoxy) is 1. The standard InChI is InChI=1S/C11H10N6O2.C4H8O/c12-9(8-10(13)15-5-16-11(8)14)6-1-3-7(4-2-6)17(18)19;1-2-4-5-3-1/h1-5,12H,(H4,13,14,15,16);1-4H2. The summed E-state index contributed by atoms with van der Waals surface area (Å²) in [5, 5.41) is 18.6. The van der Waals surface area contributed by atoms with Crippen LogP contribution in [0, 0.1) is 15.5 Å². The van der Waals surface area contributed by atoms with Gasteiger partial charge in [-0.05, 0) is 25.0 Å². The average Bonchev–Trinajstić information content (AvgIpc) is 3.14. The van der Waals surface area contributed by atoms with Crippen LogP contribution in [0.4, 0.5) is 17.3 Å². The van der Waals surface area contributed by atoms with E-state index >= 15 is 0 Å². The number of rotatable bonds is 3.